The number of terminal acetylenes is 1. The number of hydrogen-bond acceptors (Lipinski definition) is 7. The third-order valence-corrected chi connectivity index (χ3v) is 8.97. The topological polar surface area (TPSA) is 86.6 Å². The van der Waals surface area contributed by atoms with Crippen molar-refractivity contribution in [2.45, 2.75) is 72.0 Å². The molecule has 1 saturated carbocycles. The maximum atomic E-state index is 11.0. The van der Waals surface area contributed by atoms with Crippen molar-refractivity contribution in [2.75, 3.05) is 40.1 Å². The molecule has 0 aromatic heterocycles. The summed E-state index contributed by atoms with van der Waals surface area (Å²) in [7, 11) is 1.66. The number of aromatic hydroxyl groups is 1. The van der Waals surface area contributed by atoms with E-state index in [1.807, 2.05) is 38.1 Å². The first-order valence-corrected chi connectivity index (χ1v) is 15.5. The molecule has 0 spiro atoms. The molecule has 2 aliphatic rings. The van der Waals surface area contributed by atoms with Gasteiger partial charge in [-0.15, -0.1) is 6.42 Å². The zero-order chi connectivity index (χ0) is 31.9. The zero-order valence-corrected chi connectivity index (χ0v) is 27.1. The molecule has 2 N–H and O–H groups in total. The number of allylic oxidation sites excluding steroid dienone is 2. The van der Waals surface area contributed by atoms with E-state index in [0.717, 1.165) is 52.8 Å². The van der Waals surface area contributed by atoms with Gasteiger partial charge in [-0.1, -0.05) is 43.6 Å². The molecular formula is C37H48O7. The van der Waals surface area contributed by atoms with Gasteiger partial charge >= 0.3 is 0 Å². The highest BCUT2D eigenvalue weighted by Gasteiger charge is 2.54. The minimum Gasteiger partial charge on any atom is -0.507 e. The van der Waals surface area contributed by atoms with E-state index < -0.39 is 0 Å². The minimum atomic E-state index is -0.362. The van der Waals surface area contributed by atoms with Crippen LogP contribution in [0.1, 0.15) is 69.7 Å². The summed E-state index contributed by atoms with van der Waals surface area (Å²) in [6.45, 7) is 12.3. The Morgan fingerprint density at radius 2 is 1.70 bits per heavy atom. The quantitative estimate of drug-likeness (QED) is 0.115. The van der Waals surface area contributed by atoms with Crippen LogP contribution in [0.15, 0.2) is 35.9 Å². The highest BCUT2D eigenvalue weighted by atomic mass is 16.5. The summed E-state index contributed by atoms with van der Waals surface area (Å²) >= 11 is 0. The fraction of sp³-hybridized carbons (Fsp3) is 0.514. The highest BCUT2D eigenvalue weighted by Crippen LogP contribution is 2.55. The number of phenols is 1. The molecule has 3 atom stereocenters. The molecule has 7 nitrogen and oxygen atoms in total. The summed E-state index contributed by atoms with van der Waals surface area (Å²) < 4.78 is 29.4. The van der Waals surface area contributed by atoms with Crippen LogP contribution in [0.5, 0.6) is 23.0 Å². The van der Waals surface area contributed by atoms with Crippen LogP contribution in [0, 0.1) is 23.7 Å². The molecule has 1 fully saturated rings. The average Bonchev–Trinajstić information content (AvgIpc) is 2.98. The van der Waals surface area contributed by atoms with Gasteiger partial charge in [0.2, 0.25) is 0 Å². The summed E-state index contributed by atoms with van der Waals surface area (Å²) in [5, 5.41) is 21.8. The molecule has 238 valence electrons. The summed E-state index contributed by atoms with van der Waals surface area (Å²) in [4.78, 5) is 0. The second-order valence-electron chi connectivity index (χ2n) is 12.8. The number of hydrogen-bond donors (Lipinski definition) is 2. The number of ether oxygens (including phenoxy) is 5. The monoisotopic (exact) mass is 604 g/mol. The molecule has 0 radical (unpaired) electrons. The van der Waals surface area contributed by atoms with E-state index in [1.54, 1.807) is 13.2 Å². The van der Waals surface area contributed by atoms with Crippen molar-refractivity contribution in [1.82, 2.24) is 0 Å². The van der Waals surface area contributed by atoms with E-state index in [9.17, 15) is 10.2 Å². The Morgan fingerprint density at radius 3 is 2.41 bits per heavy atom. The lowest BCUT2D eigenvalue weighted by Gasteiger charge is -2.55. The van der Waals surface area contributed by atoms with Crippen molar-refractivity contribution < 1.29 is 33.9 Å². The normalized spacial score (nSPS) is 22.0. The maximum Gasteiger partial charge on any atom is 0.165 e. The molecular weight excluding hydrogens is 556 g/mol. The second kappa shape index (κ2) is 14.6. The largest absolute Gasteiger partial charge is 0.507 e. The molecule has 7 heteroatoms. The average molecular weight is 605 g/mol. The van der Waals surface area contributed by atoms with Crippen LogP contribution >= 0.6 is 0 Å². The van der Waals surface area contributed by atoms with Crippen LogP contribution in [-0.4, -0.2) is 62.1 Å². The number of fused-ring (bicyclic) bond motifs is 2. The van der Waals surface area contributed by atoms with Gasteiger partial charge in [0.25, 0.3) is 0 Å². The lowest BCUT2D eigenvalue weighted by molar-refractivity contribution is -0.138. The summed E-state index contributed by atoms with van der Waals surface area (Å²) in [6, 6.07) is 7.81. The number of rotatable bonds is 13. The molecule has 1 heterocycles. The second-order valence-corrected chi connectivity index (χ2v) is 12.8. The number of aliphatic hydroxyl groups is 1. The van der Waals surface area contributed by atoms with Crippen molar-refractivity contribution in [2.24, 2.45) is 11.3 Å². The van der Waals surface area contributed by atoms with E-state index >= 15 is 0 Å². The van der Waals surface area contributed by atoms with Crippen LogP contribution in [0.3, 0.4) is 0 Å². The van der Waals surface area contributed by atoms with Gasteiger partial charge < -0.3 is 33.9 Å². The lowest BCUT2D eigenvalue weighted by atomic mass is 9.57. The Kier molecular flexibility index (Phi) is 11.1. The van der Waals surface area contributed by atoms with Gasteiger partial charge in [-0.05, 0) is 92.8 Å². The number of aliphatic hydroxyl groups excluding tert-OH is 1. The van der Waals surface area contributed by atoms with Gasteiger partial charge in [0.15, 0.2) is 11.5 Å². The van der Waals surface area contributed by atoms with Crippen molar-refractivity contribution >= 4 is 12.2 Å². The van der Waals surface area contributed by atoms with Crippen LogP contribution in [-0.2, 0) is 22.3 Å². The molecule has 2 aromatic rings. The van der Waals surface area contributed by atoms with E-state index in [4.69, 9.17) is 30.1 Å². The highest BCUT2D eigenvalue weighted by molar-refractivity contribution is 5.74. The van der Waals surface area contributed by atoms with Gasteiger partial charge in [0, 0.05) is 11.5 Å². The predicted molar refractivity (Wildman–Crippen MR) is 174 cm³/mol. The smallest absolute Gasteiger partial charge is 0.165 e. The molecule has 44 heavy (non-hydrogen) atoms. The van der Waals surface area contributed by atoms with Crippen molar-refractivity contribution in [3.05, 3.63) is 58.2 Å². The molecule has 2 aromatic carbocycles. The van der Waals surface area contributed by atoms with Crippen LogP contribution in [0.25, 0.3) is 12.2 Å². The minimum absolute atomic E-state index is 0.166. The third kappa shape index (κ3) is 7.79. The van der Waals surface area contributed by atoms with E-state index in [1.165, 1.54) is 0 Å². The Labute approximate surface area is 262 Å². The maximum absolute atomic E-state index is 11.0. The fourth-order valence-electron chi connectivity index (χ4n) is 6.38. The first-order valence-electron chi connectivity index (χ1n) is 15.5. The van der Waals surface area contributed by atoms with Gasteiger partial charge in [-0.3, -0.25) is 0 Å². The van der Waals surface area contributed by atoms with Gasteiger partial charge in [0.05, 0.1) is 33.0 Å². The Hall–Kier alpha value is -3.44. The van der Waals surface area contributed by atoms with E-state index in [0.29, 0.717) is 44.3 Å². The standard InChI is InChI=1S/C37H48O7/c1-8-15-41-16-17-42-18-19-43-31-22-27(21-30(38)29(31)12-9-25(2)3)11-10-26-20-28-24-33-36(4,5)34(39)13-14-37(33,6)44-35(28)32(23-26)40-7/h1,9-11,20-23,33-34,38-39H,12-19,24H2,2-7H3/b11-10+/t33-,34-,37-/m1/s1. The fourth-order valence-corrected chi connectivity index (χ4v) is 6.38. The van der Waals surface area contributed by atoms with E-state index in [-0.39, 0.29) is 35.4 Å². The number of benzene rings is 2. The van der Waals surface area contributed by atoms with E-state index in [2.05, 4.69) is 38.8 Å². The molecule has 0 amide bonds. The zero-order valence-electron chi connectivity index (χ0n) is 27.1. The van der Waals surface area contributed by atoms with Crippen molar-refractivity contribution in [3.8, 4) is 35.3 Å². The van der Waals surface area contributed by atoms with Crippen LogP contribution in [0.4, 0.5) is 0 Å². The van der Waals surface area contributed by atoms with Crippen LogP contribution in [0.2, 0.25) is 0 Å². The molecule has 0 saturated heterocycles. The SMILES string of the molecule is C#CCOCCOCCOc1cc(/C=C/c2cc3c(c(OC)c2)O[C@]2(C)CC[C@@H](O)C(C)(C)[C@H]2C3)cc(O)c1CC=C(C)C. The number of methoxy groups -OCH3 is 1. The van der Waals surface area contributed by atoms with Gasteiger partial charge in [-0.2, -0.15) is 0 Å². The van der Waals surface area contributed by atoms with Crippen LogP contribution < -0.4 is 14.2 Å². The predicted octanol–water partition coefficient (Wildman–Crippen LogP) is 6.62. The Morgan fingerprint density at radius 1 is 1.02 bits per heavy atom. The molecule has 0 unspecified atom stereocenters. The van der Waals surface area contributed by atoms with Gasteiger partial charge in [0.1, 0.15) is 30.3 Å². The van der Waals surface area contributed by atoms with Gasteiger partial charge in [-0.25, -0.2) is 0 Å². The Balaban J connectivity index is 1.55. The molecule has 4 rings (SSSR count). The molecule has 1 aliphatic heterocycles. The molecule has 1 aliphatic carbocycles. The number of phenolic OH excluding ortho intramolecular Hbond substituents is 1. The lowest BCUT2D eigenvalue weighted by Crippen LogP contribution is -2.58. The summed E-state index contributed by atoms with van der Waals surface area (Å²) in [6.07, 6.45) is 13.7. The molecule has 0 bridgehead atoms. The van der Waals surface area contributed by atoms with Crippen molar-refractivity contribution in [3.63, 3.8) is 0 Å². The Bertz CT molecular complexity index is 1400. The summed E-state index contributed by atoms with van der Waals surface area (Å²) in [5.74, 6) is 4.87. The first-order chi connectivity index (χ1) is 21.0. The summed E-state index contributed by atoms with van der Waals surface area (Å²) in [5.41, 5.74) is 4.09. The first kappa shape index (κ1) is 33.5. The van der Waals surface area contributed by atoms with Crippen molar-refractivity contribution in [1.29, 1.82) is 0 Å². The third-order valence-electron chi connectivity index (χ3n) is 8.97.